The van der Waals surface area contributed by atoms with E-state index in [0.717, 1.165) is 11.3 Å². The lowest BCUT2D eigenvalue weighted by molar-refractivity contribution is -0.153. The van der Waals surface area contributed by atoms with E-state index in [1.807, 2.05) is 30.3 Å². The Morgan fingerprint density at radius 1 is 0.783 bits per heavy atom. The number of rotatable bonds is 10. The third-order valence-corrected chi connectivity index (χ3v) is 8.77. The largest absolute Gasteiger partial charge is 0.497 e. The van der Waals surface area contributed by atoms with Crippen molar-refractivity contribution in [2.75, 3.05) is 62.2 Å². The van der Waals surface area contributed by atoms with Crippen molar-refractivity contribution in [3.63, 3.8) is 0 Å². The van der Waals surface area contributed by atoms with Crippen LogP contribution in [0.4, 0.5) is 0 Å². The van der Waals surface area contributed by atoms with Crippen molar-refractivity contribution in [2.45, 2.75) is 30.2 Å². The van der Waals surface area contributed by atoms with Gasteiger partial charge in [-0.05, 0) is 23.8 Å². The van der Waals surface area contributed by atoms with Crippen LogP contribution in [0.5, 0.6) is 51.7 Å². The molecule has 4 aliphatic heterocycles. The van der Waals surface area contributed by atoms with Crippen LogP contribution in [0.1, 0.15) is 23.3 Å². The fourth-order valence-electron chi connectivity index (χ4n) is 6.43. The lowest BCUT2D eigenvalue weighted by Crippen LogP contribution is -2.47. The zero-order valence-corrected chi connectivity index (χ0v) is 26.1. The van der Waals surface area contributed by atoms with E-state index in [9.17, 15) is 5.11 Å². The molecule has 0 saturated carbocycles. The third-order valence-electron chi connectivity index (χ3n) is 8.77. The Labute approximate surface area is 265 Å². The monoisotopic (exact) mass is 640 g/mol. The normalized spacial score (nSPS) is 27.2. The highest BCUT2D eigenvalue weighted by Crippen LogP contribution is 2.56. The molecular formula is C33H36O13. The summed E-state index contributed by atoms with van der Waals surface area (Å²) in [7, 11) is 7.78. The van der Waals surface area contributed by atoms with Gasteiger partial charge in [-0.3, -0.25) is 0 Å². The molecule has 0 aliphatic carbocycles. The van der Waals surface area contributed by atoms with Gasteiger partial charge in [-0.25, -0.2) is 0 Å². The molecule has 0 unspecified atom stereocenters. The minimum Gasteiger partial charge on any atom is -0.497 e. The first-order chi connectivity index (χ1) is 22.4. The second kappa shape index (κ2) is 12.1. The van der Waals surface area contributed by atoms with Gasteiger partial charge in [0.25, 0.3) is 0 Å². The molecule has 2 fully saturated rings. The first-order valence-electron chi connectivity index (χ1n) is 14.8. The highest BCUT2D eigenvalue weighted by Gasteiger charge is 2.61. The van der Waals surface area contributed by atoms with Crippen molar-refractivity contribution in [1.29, 1.82) is 0 Å². The van der Waals surface area contributed by atoms with Crippen LogP contribution in [0.3, 0.4) is 0 Å². The molecule has 4 aliphatic rings. The van der Waals surface area contributed by atoms with E-state index in [1.165, 1.54) is 14.2 Å². The van der Waals surface area contributed by atoms with Gasteiger partial charge in [-0.2, -0.15) is 0 Å². The Morgan fingerprint density at radius 3 is 2.26 bits per heavy atom. The Bertz CT molecular complexity index is 1580. The van der Waals surface area contributed by atoms with Crippen LogP contribution in [-0.4, -0.2) is 85.3 Å². The Hall–Kier alpha value is -4.30. The Kier molecular flexibility index (Phi) is 8.01. The summed E-state index contributed by atoms with van der Waals surface area (Å²) in [5.74, 6) is 3.40. The molecule has 4 heterocycles. The van der Waals surface area contributed by atoms with Gasteiger partial charge in [0.1, 0.15) is 11.5 Å². The van der Waals surface area contributed by atoms with Crippen LogP contribution in [0, 0.1) is 5.92 Å². The van der Waals surface area contributed by atoms with Crippen LogP contribution >= 0.6 is 0 Å². The molecule has 2 saturated heterocycles. The van der Waals surface area contributed by atoms with E-state index in [4.69, 9.17) is 56.8 Å². The summed E-state index contributed by atoms with van der Waals surface area (Å²) in [5.41, 5.74) is 0.0610. The Morgan fingerprint density at radius 2 is 1.54 bits per heavy atom. The maximum Gasteiger partial charge on any atom is 0.232 e. The van der Waals surface area contributed by atoms with Crippen molar-refractivity contribution in [3.05, 3.63) is 53.6 Å². The third kappa shape index (κ3) is 4.94. The van der Waals surface area contributed by atoms with E-state index in [0.29, 0.717) is 46.7 Å². The van der Waals surface area contributed by atoms with Crippen LogP contribution in [0.2, 0.25) is 0 Å². The summed E-state index contributed by atoms with van der Waals surface area (Å²) in [6.07, 6.45) is -2.59. The smallest absolute Gasteiger partial charge is 0.232 e. The van der Waals surface area contributed by atoms with E-state index < -0.39 is 36.1 Å². The number of hydrogen-bond donors (Lipinski definition) is 1. The average Bonchev–Trinajstić information content (AvgIpc) is 3.77. The van der Waals surface area contributed by atoms with E-state index in [-0.39, 0.29) is 31.5 Å². The molecule has 0 bridgehead atoms. The molecule has 0 spiro atoms. The van der Waals surface area contributed by atoms with Gasteiger partial charge >= 0.3 is 0 Å². The van der Waals surface area contributed by atoms with Crippen LogP contribution < -0.4 is 42.6 Å². The fraction of sp³-hybridized carbons (Fsp3) is 0.455. The second-order valence-electron chi connectivity index (χ2n) is 11.3. The number of methoxy groups -OCH3 is 5. The van der Waals surface area contributed by atoms with Crippen LogP contribution in [0.15, 0.2) is 42.5 Å². The number of ether oxygens (including phenoxy) is 12. The molecule has 0 aromatic heterocycles. The molecule has 7 rings (SSSR count). The standard InChI is InChI=1S/C33H36O13/c1-35-14-26-27(17-6-8-18(36-2)9-7-17)45-23-11-21(37-3)19(10-22(23)44-26)28-20-13-40-32(33(20,34)15-41-28)46-30-24(38-4)12-25-29(31(30)39-5)43-16-42-25/h6-12,20,26-28,32,34H,13-16H2,1-5H3/t20-,26+,27+,28-,32-,33-/m1/s1. The molecule has 0 radical (unpaired) electrons. The number of hydrogen-bond acceptors (Lipinski definition) is 13. The summed E-state index contributed by atoms with van der Waals surface area (Å²) in [5, 5.41) is 12.0. The molecule has 3 aromatic carbocycles. The van der Waals surface area contributed by atoms with Gasteiger partial charge in [0.2, 0.25) is 30.3 Å². The first-order valence-corrected chi connectivity index (χ1v) is 14.8. The molecule has 246 valence electrons. The highest BCUT2D eigenvalue weighted by atomic mass is 16.7. The van der Waals surface area contributed by atoms with Gasteiger partial charge < -0.3 is 61.9 Å². The summed E-state index contributed by atoms with van der Waals surface area (Å²) in [6.45, 7) is 0.404. The van der Waals surface area contributed by atoms with Crippen molar-refractivity contribution < 1.29 is 61.9 Å². The molecular weight excluding hydrogens is 604 g/mol. The highest BCUT2D eigenvalue weighted by molar-refractivity contribution is 5.66. The van der Waals surface area contributed by atoms with E-state index in [2.05, 4.69) is 0 Å². The SMILES string of the molecule is COC[C@@H]1Oc2cc([C@H]3OC[C@]4(O)[C@@H](Oc5c(OC)cc6c(c5OC)OCO6)OC[C@H]34)c(OC)cc2O[C@H]1c1ccc(OC)cc1. The summed E-state index contributed by atoms with van der Waals surface area (Å²) >= 11 is 0. The van der Waals surface area contributed by atoms with Crippen LogP contribution in [0.25, 0.3) is 0 Å². The predicted octanol–water partition coefficient (Wildman–Crippen LogP) is 3.83. The van der Waals surface area contributed by atoms with Crippen LogP contribution in [-0.2, 0) is 14.2 Å². The first kappa shape index (κ1) is 30.4. The van der Waals surface area contributed by atoms with Crippen molar-refractivity contribution >= 4 is 0 Å². The molecule has 0 amide bonds. The van der Waals surface area contributed by atoms with Gasteiger partial charge in [0.05, 0.1) is 60.3 Å². The number of aliphatic hydroxyl groups is 1. The van der Waals surface area contributed by atoms with Crippen molar-refractivity contribution in [1.82, 2.24) is 0 Å². The molecule has 3 aromatic rings. The minimum absolute atomic E-state index is 0.0332. The molecule has 46 heavy (non-hydrogen) atoms. The Balaban J connectivity index is 1.16. The van der Waals surface area contributed by atoms with Crippen molar-refractivity contribution in [3.8, 4) is 51.7 Å². The number of benzene rings is 3. The van der Waals surface area contributed by atoms with Gasteiger partial charge in [-0.1, -0.05) is 12.1 Å². The maximum absolute atomic E-state index is 12.0. The van der Waals surface area contributed by atoms with Gasteiger partial charge in [0, 0.05) is 24.8 Å². The summed E-state index contributed by atoms with van der Waals surface area (Å²) < 4.78 is 70.3. The second-order valence-corrected chi connectivity index (χ2v) is 11.3. The van der Waals surface area contributed by atoms with Gasteiger partial charge in [-0.15, -0.1) is 0 Å². The average molecular weight is 641 g/mol. The minimum atomic E-state index is -1.52. The zero-order chi connectivity index (χ0) is 32.0. The zero-order valence-electron chi connectivity index (χ0n) is 26.1. The van der Waals surface area contributed by atoms with E-state index in [1.54, 1.807) is 33.5 Å². The molecule has 6 atom stereocenters. The summed E-state index contributed by atoms with van der Waals surface area (Å²) in [6, 6.07) is 12.9. The topological polar surface area (TPSA) is 131 Å². The molecule has 13 nitrogen and oxygen atoms in total. The van der Waals surface area contributed by atoms with E-state index >= 15 is 0 Å². The summed E-state index contributed by atoms with van der Waals surface area (Å²) in [4.78, 5) is 0. The maximum atomic E-state index is 12.0. The quantitative estimate of drug-likeness (QED) is 0.345. The fourth-order valence-corrected chi connectivity index (χ4v) is 6.43. The van der Waals surface area contributed by atoms with Gasteiger partial charge in [0.15, 0.2) is 40.8 Å². The predicted molar refractivity (Wildman–Crippen MR) is 159 cm³/mol. The molecule has 1 N–H and O–H groups in total. The van der Waals surface area contributed by atoms with Crippen molar-refractivity contribution in [2.24, 2.45) is 5.92 Å². The lowest BCUT2D eigenvalue weighted by Gasteiger charge is -2.35. The lowest BCUT2D eigenvalue weighted by atomic mass is 9.85. The number of fused-ring (bicyclic) bond motifs is 3. The molecule has 13 heteroatoms.